The summed E-state index contributed by atoms with van der Waals surface area (Å²) >= 11 is 0. The molecule has 0 fully saturated rings. The molecule has 0 unspecified atom stereocenters. The molecule has 0 aliphatic rings. The Bertz CT molecular complexity index is 457. The lowest BCUT2D eigenvalue weighted by atomic mass is 10.1. The molecule has 0 saturated heterocycles. The van der Waals surface area contributed by atoms with E-state index in [1.54, 1.807) is 12.1 Å². The highest BCUT2D eigenvalue weighted by Gasteiger charge is 2.21. The summed E-state index contributed by atoms with van der Waals surface area (Å²) in [5.74, 6) is 0.233. The van der Waals surface area contributed by atoms with Gasteiger partial charge in [-0.25, -0.2) is 13.4 Å². The largest absolute Gasteiger partial charge is 0.302 e. The summed E-state index contributed by atoms with van der Waals surface area (Å²) in [7, 11) is -3.71. The maximum Gasteiger partial charge on any atom is 0.258 e. The van der Waals surface area contributed by atoms with Gasteiger partial charge >= 0.3 is 0 Å². The fourth-order valence-corrected chi connectivity index (χ4v) is 2.53. The van der Waals surface area contributed by atoms with E-state index in [9.17, 15) is 13.2 Å². The quantitative estimate of drug-likeness (QED) is 0.770. The summed E-state index contributed by atoms with van der Waals surface area (Å²) in [6.07, 6.45) is 2.48. The maximum absolute atomic E-state index is 11.9. The first-order valence-corrected chi connectivity index (χ1v) is 6.82. The lowest BCUT2D eigenvalue weighted by Gasteiger charge is -2.14. The van der Waals surface area contributed by atoms with E-state index in [2.05, 4.69) is 9.71 Å². The Morgan fingerprint density at radius 2 is 2.12 bits per heavy atom. The number of sulfonamides is 1. The predicted octanol–water partition coefficient (Wildman–Crippen LogP) is 0.973. The van der Waals surface area contributed by atoms with E-state index in [0.29, 0.717) is 12.7 Å². The fourth-order valence-electron chi connectivity index (χ4n) is 1.41. The van der Waals surface area contributed by atoms with E-state index < -0.39 is 16.1 Å². The zero-order chi connectivity index (χ0) is 12.9. The number of rotatable bonds is 6. The van der Waals surface area contributed by atoms with E-state index >= 15 is 0 Å². The zero-order valence-corrected chi connectivity index (χ0v) is 10.6. The number of nitrogens with one attached hydrogen (secondary N) is 1. The van der Waals surface area contributed by atoms with E-state index in [1.165, 1.54) is 12.3 Å². The molecule has 1 rings (SSSR count). The van der Waals surface area contributed by atoms with Gasteiger partial charge in [0.05, 0.1) is 6.04 Å². The van der Waals surface area contributed by atoms with E-state index in [0.717, 1.165) is 0 Å². The molecule has 0 aliphatic heterocycles. The maximum atomic E-state index is 11.9. The Morgan fingerprint density at radius 3 is 2.59 bits per heavy atom. The summed E-state index contributed by atoms with van der Waals surface area (Å²) < 4.78 is 26.0. The van der Waals surface area contributed by atoms with Crippen LogP contribution in [-0.2, 0) is 14.8 Å². The number of hydrogen-bond acceptors (Lipinski definition) is 4. The van der Waals surface area contributed by atoms with Crippen LogP contribution in [-0.4, -0.2) is 25.7 Å². The van der Waals surface area contributed by atoms with Crippen molar-refractivity contribution in [3.63, 3.8) is 0 Å². The van der Waals surface area contributed by atoms with Gasteiger partial charge < -0.3 is 4.79 Å². The van der Waals surface area contributed by atoms with Crippen molar-refractivity contribution in [3.05, 3.63) is 24.4 Å². The number of hydrogen-bond donors (Lipinski definition) is 1. The van der Waals surface area contributed by atoms with Gasteiger partial charge in [-0.1, -0.05) is 19.9 Å². The molecule has 17 heavy (non-hydrogen) atoms. The van der Waals surface area contributed by atoms with Gasteiger partial charge in [0.1, 0.15) is 6.29 Å². The standard InChI is InChI=1S/C11H16N2O3S/c1-9(2)7-10(8-14)13-17(15,16)11-5-3-4-6-12-11/h3-6,8-10,13H,7H2,1-2H3/t10-/m0/s1. The Hall–Kier alpha value is -1.27. The van der Waals surface area contributed by atoms with Crippen LogP contribution in [0.2, 0.25) is 0 Å². The van der Waals surface area contributed by atoms with Crippen LogP contribution in [0.25, 0.3) is 0 Å². The number of aromatic nitrogens is 1. The second-order valence-electron chi connectivity index (χ2n) is 4.16. The highest BCUT2D eigenvalue weighted by Crippen LogP contribution is 2.08. The van der Waals surface area contributed by atoms with E-state index in [4.69, 9.17) is 0 Å². The molecule has 0 amide bonds. The molecule has 1 aromatic heterocycles. The van der Waals surface area contributed by atoms with Crippen molar-refractivity contribution >= 4 is 16.3 Å². The number of nitrogens with zero attached hydrogens (tertiary/aromatic N) is 1. The van der Waals surface area contributed by atoms with Gasteiger partial charge in [0.15, 0.2) is 5.03 Å². The first kappa shape index (κ1) is 13.8. The summed E-state index contributed by atoms with van der Waals surface area (Å²) in [6.45, 7) is 3.84. The lowest BCUT2D eigenvalue weighted by Crippen LogP contribution is -2.37. The fraction of sp³-hybridized carbons (Fsp3) is 0.455. The molecule has 0 aliphatic carbocycles. The summed E-state index contributed by atoms with van der Waals surface area (Å²) in [5, 5.41) is -0.0735. The number of carbonyl (C=O) groups is 1. The minimum atomic E-state index is -3.71. The molecule has 1 heterocycles. The number of pyridine rings is 1. The smallest absolute Gasteiger partial charge is 0.258 e. The van der Waals surface area contributed by atoms with E-state index in [-0.39, 0.29) is 10.9 Å². The van der Waals surface area contributed by atoms with Gasteiger partial charge in [0.25, 0.3) is 10.0 Å². The average molecular weight is 256 g/mol. The van der Waals surface area contributed by atoms with Crippen molar-refractivity contribution in [3.8, 4) is 0 Å². The third-order valence-electron chi connectivity index (χ3n) is 2.11. The predicted molar refractivity (Wildman–Crippen MR) is 63.9 cm³/mol. The van der Waals surface area contributed by atoms with Crippen LogP contribution in [0.3, 0.4) is 0 Å². The molecule has 0 spiro atoms. The van der Waals surface area contributed by atoms with Gasteiger partial charge in [0, 0.05) is 6.20 Å². The molecule has 5 nitrogen and oxygen atoms in total. The van der Waals surface area contributed by atoms with Crippen LogP contribution < -0.4 is 4.72 Å². The van der Waals surface area contributed by atoms with Gasteiger partial charge in [0.2, 0.25) is 0 Å². The minimum Gasteiger partial charge on any atom is -0.302 e. The van der Waals surface area contributed by atoms with Crippen LogP contribution in [0.15, 0.2) is 29.4 Å². The van der Waals surface area contributed by atoms with Crippen LogP contribution in [0.4, 0.5) is 0 Å². The van der Waals surface area contributed by atoms with Crippen LogP contribution in [0.5, 0.6) is 0 Å². The Labute approximate surface area is 101 Å². The average Bonchev–Trinajstić information content (AvgIpc) is 2.28. The second kappa shape index (κ2) is 5.88. The molecule has 0 radical (unpaired) electrons. The molecular weight excluding hydrogens is 240 g/mol. The molecule has 0 bridgehead atoms. The van der Waals surface area contributed by atoms with Crippen molar-refractivity contribution in [1.29, 1.82) is 0 Å². The zero-order valence-electron chi connectivity index (χ0n) is 9.83. The van der Waals surface area contributed by atoms with E-state index in [1.807, 2.05) is 13.8 Å². The molecule has 94 valence electrons. The molecule has 1 N–H and O–H groups in total. The Morgan fingerprint density at radius 1 is 1.41 bits per heavy atom. The topological polar surface area (TPSA) is 76.1 Å². The van der Waals surface area contributed by atoms with Gasteiger partial charge in [-0.05, 0) is 24.5 Å². The lowest BCUT2D eigenvalue weighted by molar-refractivity contribution is -0.109. The summed E-state index contributed by atoms with van der Waals surface area (Å²) in [4.78, 5) is 14.6. The van der Waals surface area contributed by atoms with Gasteiger partial charge in [-0.3, -0.25) is 0 Å². The van der Waals surface area contributed by atoms with Crippen molar-refractivity contribution in [2.75, 3.05) is 0 Å². The molecular formula is C11H16N2O3S. The monoisotopic (exact) mass is 256 g/mol. The number of aldehydes is 1. The first-order valence-electron chi connectivity index (χ1n) is 5.34. The SMILES string of the molecule is CC(C)C[C@@H](C=O)NS(=O)(=O)c1ccccn1. The number of carbonyl (C=O) groups excluding carboxylic acids is 1. The summed E-state index contributed by atoms with van der Waals surface area (Å²) in [6, 6.07) is 3.89. The van der Waals surface area contributed by atoms with Crippen molar-refractivity contribution in [1.82, 2.24) is 9.71 Å². The third-order valence-corrected chi connectivity index (χ3v) is 3.51. The van der Waals surface area contributed by atoms with Crippen molar-refractivity contribution in [2.24, 2.45) is 5.92 Å². The Balaban J connectivity index is 2.82. The Kier molecular flexibility index (Phi) is 4.77. The highest BCUT2D eigenvalue weighted by molar-refractivity contribution is 7.89. The second-order valence-corrected chi connectivity index (χ2v) is 5.82. The van der Waals surface area contributed by atoms with Crippen molar-refractivity contribution in [2.45, 2.75) is 31.3 Å². The third kappa shape index (κ3) is 4.24. The van der Waals surface area contributed by atoms with Crippen LogP contribution in [0, 0.1) is 5.92 Å². The highest BCUT2D eigenvalue weighted by atomic mass is 32.2. The molecule has 1 aromatic rings. The molecule has 0 aromatic carbocycles. The van der Waals surface area contributed by atoms with Gasteiger partial charge in [-0.15, -0.1) is 0 Å². The minimum absolute atomic E-state index is 0.0735. The molecule has 1 atom stereocenters. The van der Waals surface area contributed by atoms with Crippen molar-refractivity contribution < 1.29 is 13.2 Å². The van der Waals surface area contributed by atoms with Gasteiger partial charge in [-0.2, -0.15) is 4.72 Å². The summed E-state index contributed by atoms with van der Waals surface area (Å²) in [5.41, 5.74) is 0. The molecule has 0 saturated carbocycles. The molecule has 6 heteroatoms. The normalized spacial score (nSPS) is 13.6. The van der Waals surface area contributed by atoms with Crippen LogP contribution >= 0.6 is 0 Å². The van der Waals surface area contributed by atoms with Crippen LogP contribution in [0.1, 0.15) is 20.3 Å². The first-order chi connectivity index (χ1) is 7.95.